The Hall–Kier alpha value is -5.04. The van der Waals surface area contributed by atoms with Gasteiger partial charge in [0.1, 0.15) is 18.5 Å². The van der Waals surface area contributed by atoms with Gasteiger partial charge in [-0.25, -0.2) is 9.59 Å². The minimum atomic E-state index is -4.82. The van der Waals surface area contributed by atoms with Gasteiger partial charge in [0.15, 0.2) is 0 Å². The number of piperidine rings is 1. The summed E-state index contributed by atoms with van der Waals surface area (Å²) in [6.45, 7) is 3.08. The third-order valence-electron chi connectivity index (χ3n) is 9.28. The van der Waals surface area contributed by atoms with E-state index in [0.29, 0.717) is 43.7 Å². The first-order valence-electron chi connectivity index (χ1n) is 16.6. The summed E-state index contributed by atoms with van der Waals surface area (Å²) < 4.78 is 60.5. The second-order valence-electron chi connectivity index (χ2n) is 12.7. The Kier molecular flexibility index (Phi) is 10.6. The number of likely N-dealkylation sites (tertiary alicyclic amines) is 1. The highest BCUT2D eigenvalue weighted by molar-refractivity contribution is 6.30. The number of ether oxygens (including phenoxy) is 3. The van der Waals surface area contributed by atoms with E-state index in [-0.39, 0.29) is 47.7 Å². The highest BCUT2D eigenvalue weighted by Gasteiger charge is 2.51. The van der Waals surface area contributed by atoms with Crippen LogP contribution in [0.15, 0.2) is 84.9 Å². The van der Waals surface area contributed by atoms with Crippen LogP contribution in [-0.2, 0) is 20.9 Å². The summed E-state index contributed by atoms with van der Waals surface area (Å²) in [5.41, 5.74) is 7.08. The van der Waals surface area contributed by atoms with Crippen LogP contribution in [0.1, 0.15) is 43.4 Å². The minimum absolute atomic E-state index is 0.0623. The molecule has 0 bridgehead atoms. The molecule has 2 saturated heterocycles. The molecule has 3 aromatic carbocycles. The molecule has 2 fully saturated rings. The standard InChI is InChI=1S/C37H37ClF3N5O5/c1-2-49-33(47)29-21-36(23-46(29)35(48)50-22-24-9-5-3-6-10-24)15-17-45(18-16-36)30-20-31(44-34(42)43-30)51-32(37(39,40)41)27-14-13-26(38)19-28(27)25-11-7-4-8-12-25/h3-14,19-20,29,32H,2,15-18,21-23H2,1H3,(H2,42,43,44)/t29?,32-/m1/s1. The normalized spacial score (nSPS) is 17.6. The number of hydrogen-bond acceptors (Lipinski definition) is 9. The number of esters is 1. The van der Waals surface area contributed by atoms with Gasteiger partial charge in [-0.3, -0.25) is 4.90 Å². The van der Waals surface area contributed by atoms with E-state index in [1.807, 2.05) is 35.2 Å². The molecule has 14 heteroatoms. The van der Waals surface area contributed by atoms with E-state index >= 15 is 0 Å². The zero-order chi connectivity index (χ0) is 36.2. The summed E-state index contributed by atoms with van der Waals surface area (Å²) in [6, 6.07) is 22.5. The van der Waals surface area contributed by atoms with Crippen molar-refractivity contribution < 1.29 is 37.0 Å². The third kappa shape index (κ3) is 8.30. The van der Waals surface area contributed by atoms with Gasteiger partial charge in [0.2, 0.25) is 17.9 Å². The summed E-state index contributed by atoms with van der Waals surface area (Å²) in [7, 11) is 0. The molecule has 1 spiro atoms. The van der Waals surface area contributed by atoms with Gasteiger partial charge in [-0.15, -0.1) is 0 Å². The summed E-state index contributed by atoms with van der Waals surface area (Å²) in [6.07, 6.45) is -6.30. The third-order valence-corrected chi connectivity index (χ3v) is 9.51. The second-order valence-corrected chi connectivity index (χ2v) is 13.1. The van der Waals surface area contributed by atoms with E-state index in [4.69, 9.17) is 31.5 Å². The number of nitrogens with two attached hydrogens (primary N) is 1. The molecule has 4 aromatic rings. The van der Waals surface area contributed by atoms with Crippen LogP contribution in [0, 0.1) is 5.41 Å². The van der Waals surface area contributed by atoms with Gasteiger partial charge in [-0.1, -0.05) is 78.3 Å². The Balaban J connectivity index is 1.19. The zero-order valence-electron chi connectivity index (χ0n) is 27.8. The summed E-state index contributed by atoms with van der Waals surface area (Å²) in [5.74, 6) is -0.788. The van der Waals surface area contributed by atoms with Crippen LogP contribution in [0.5, 0.6) is 5.88 Å². The molecular weight excluding hydrogens is 687 g/mol. The molecular formula is C37H37ClF3N5O5. The van der Waals surface area contributed by atoms with Gasteiger partial charge in [-0.2, -0.15) is 23.1 Å². The van der Waals surface area contributed by atoms with Gasteiger partial charge in [0.05, 0.1) is 6.61 Å². The summed E-state index contributed by atoms with van der Waals surface area (Å²) in [5, 5.41) is 0.276. The van der Waals surface area contributed by atoms with Crippen LogP contribution >= 0.6 is 11.6 Å². The monoisotopic (exact) mass is 723 g/mol. The lowest BCUT2D eigenvalue weighted by Crippen LogP contribution is -2.43. The Morgan fingerprint density at radius 2 is 1.67 bits per heavy atom. The maximum atomic E-state index is 14.7. The molecule has 2 atom stereocenters. The Bertz CT molecular complexity index is 1840. The van der Waals surface area contributed by atoms with Crippen molar-refractivity contribution in [2.75, 3.05) is 36.9 Å². The number of carbonyl (C=O) groups excluding carboxylic acids is 2. The number of anilines is 2. The number of benzene rings is 3. The van der Waals surface area contributed by atoms with Gasteiger partial charge in [0.25, 0.3) is 0 Å². The van der Waals surface area contributed by atoms with Crippen LogP contribution < -0.4 is 15.4 Å². The smallest absolute Gasteiger partial charge is 0.429 e. The molecule has 2 aliphatic heterocycles. The van der Waals surface area contributed by atoms with E-state index in [2.05, 4.69) is 9.97 Å². The predicted octanol–water partition coefficient (Wildman–Crippen LogP) is 7.62. The predicted molar refractivity (Wildman–Crippen MR) is 185 cm³/mol. The topological polar surface area (TPSA) is 120 Å². The SMILES string of the molecule is CCOC(=O)C1CC2(CCN(c3cc(O[C@H](c4ccc(Cl)cc4-c4ccccc4)C(F)(F)F)nc(N)n3)CC2)CN1C(=O)OCc1ccccc1. The summed E-state index contributed by atoms with van der Waals surface area (Å²) in [4.78, 5) is 37.9. The fourth-order valence-electron chi connectivity index (χ4n) is 6.78. The number of amides is 1. The molecule has 1 aromatic heterocycles. The van der Waals surface area contributed by atoms with Crippen molar-refractivity contribution in [3.8, 4) is 17.0 Å². The van der Waals surface area contributed by atoms with E-state index < -0.39 is 35.8 Å². The number of carbonyl (C=O) groups is 2. The molecule has 10 nitrogen and oxygen atoms in total. The van der Waals surface area contributed by atoms with Gasteiger partial charge in [-0.05, 0) is 60.4 Å². The molecule has 6 rings (SSSR count). The first-order valence-corrected chi connectivity index (χ1v) is 16.9. The molecule has 51 heavy (non-hydrogen) atoms. The van der Waals surface area contributed by atoms with Gasteiger partial charge >= 0.3 is 18.2 Å². The lowest BCUT2D eigenvalue weighted by molar-refractivity contribution is -0.198. The van der Waals surface area contributed by atoms with Crippen molar-refractivity contribution in [2.24, 2.45) is 5.41 Å². The molecule has 0 radical (unpaired) electrons. The van der Waals surface area contributed by atoms with E-state index in [0.717, 1.165) is 5.56 Å². The number of nitrogen functional groups attached to an aromatic ring is 1. The largest absolute Gasteiger partial charge is 0.464 e. The molecule has 3 heterocycles. The van der Waals surface area contributed by atoms with Crippen molar-refractivity contribution in [2.45, 2.75) is 51.1 Å². The first kappa shape index (κ1) is 35.8. The lowest BCUT2D eigenvalue weighted by Gasteiger charge is -2.39. The molecule has 1 unspecified atom stereocenters. The number of alkyl halides is 3. The second kappa shape index (κ2) is 15.1. The minimum Gasteiger partial charge on any atom is -0.464 e. The van der Waals surface area contributed by atoms with Crippen LogP contribution in [0.25, 0.3) is 11.1 Å². The number of nitrogens with zero attached hydrogens (tertiary/aromatic N) is 4. The van der Waals surface area contributed by atoms with Gasteiger partial charge in [0, 0.05) is 36.3 Å². The number of aromatic nitrogens is 2. The molecule has 0 aliphatic carbocycles. The molecule has 0 saturated carbocycles. The van der Waals surface area contributed by atoms with Crippen LogP contribution in [0.3, 0.4) is 0 Å². The zero-order valence-corrected chi connectivity index (χ0v) is 28.6. The maximum Gasteiger partial charge on any atom is 0.429 e. The average molecular weight is 724 g/mol. The van der Waals surface area contributed by atoms with Crippen LogP contribution in [0.4, 0.5) is 29.7 Å². The highest BCUT2D eigenvalue weighted by atomic mass is 35.5. The highest BCUT2D eigenvalue weighted by Crippen LogP contribution is 2.46. The summed E-state index contributed by atoms with van der Waals surface area (Å²) >= 11 is 6.20. The molecule has 2 aliphatic rings. The van der Waals surface area contributed by atoms with Crippen LogP contribution in [-0.4, -0.2) is 65.4 Å². The Labute approximate surface area is 298 Å². The maximum absolute atomic E-state index is 14.7. The van der Waals surface area contributed by atoms with Crippen LogP contribution in [0.2, 0.25) is 5.02 Å². The molecule has 268 valence electrons. The van der Waals surface area contributed by atoms with Crippen molar-refractivity contribution in [3.05, 3.63) is 101 Å². The molecule has 2 N–H and O–H groups in total. The van der Waals surface area contributed by atoms with E-state index in [1.165, 1.54) is 29.2 Å². The quantitative estimate of drug-likeness (QED) is 0.174. The Morgan fingerprint density at radius 1 is 0.980 bits per heavy atom. The fourth-order valence-corrected chi connectivity index (χ4v) is 6.95. The number of rotatable bonds is 9. The number of hydrogen-bond donors (Lipinski definition) is 1. The molecule has 1 amide bonds. The van der Waals surface area contributed by atoms with E-state index in [1.54, 1.807) is 37.3 Å². The average Bonchev–Trinajstić information content (AvgIpc) is 3.49. The van der Waals surface area contributed by atoms with Crippen molar-refractivity contribution >= 4 is 35.4 Å². The lowest BCUT2D eigenvalue weighted by atomic mass is 9.76. The Morgan fingerprint density at radius 3 is 2.33 bits per heavy atom. The van der Waals surface area contributed by atoms with Gasteiger partial charge < -0.3 is 24.8 Å². The van der Waals surface area contributed by atoms with Crippen molar-refractivity contribution in [3.63, 3.8) is 0 Å². The van der Waals surface area contributed by atoms with Crippen molar-refractivity contribution in [1.82, 2.24) is 14.9 Å². The van der Waals surface area contributed by atoms with Crippen molar-refractivity contribution in [1.29, 1.82) is 0 Å². The number of halogens is 4. The fraction of sp³-hybridized carbons (Fsp3) is 0.351. The first-order chi connectivity index (χ1) is 24.4. The van der Waals surface area contributed by atoms with E-state index in [9.17, 15) is 22.8 Å².